The van der Waals surface area contributed by atoms with Crippen LogP contribution in [0, 0.1) is 12.8 Å². The molecule has 0 saturated carbocycles. The number of carbonyl (C=O) groups is 1. The first-order valence-corrected chi connectivity index (χ1v) is 8.54. The van der Waals surface area contributed by atoms with Gasteiger partial charge in [-0.2, -0.15) is 4.37 Å². The van der Waals surface area contributed by atoms with Gasteiger partial charge in [0.05, 0.1) is 24.0 Å². The van der Waals surface area contributed by atoms with E-state index in [2.05, 4.69) is 33.8 Å². The average Bonchev–Trinajstić information content (AvgIpc) is 2.85. The molecule has 1 aliphatic heterocycles. The quantitative estimate of drug-likeness (QED) is 0.831. The Morgan fingerprint density at radius 3 is 3.00 bits per heavy atom. The van der Waals surface area contributed by atoms with Crippen LogP contribution in [-0.2, 0) is 4.74 Å². The first-order chi connectivity index (χ1) is 10.5. The number of hydrogen-bond donors (Lipinski definition) is 2. The molecule has 0 aliphatic carbocycles. The second-order valence-electron chi connectivity index (χ2n) is 6.08. The summed E-state index contributed by atoms with van der Waals surface area (Å²) < 4.78 is 9.99. The Morgan fingerprint density at radius 2 is 2.32 bits per heavy atom. The zero-order valence-corrected chi connectivity index (χ0v) is 14.6. The molecule has 1 saturated heterocycles. The van der Waals surface area contributed by atoms with E-state index in [1.165, 1.54) is 11.5 Å². The molecular weight excluding hydrogens is 300 g/mol. The Morgan fingerprint density at radius 1 is 1.55 bits per heavy atom. The van der Waals surface area contributed by atoms with Gasteiger partial charge in [-0.05, 0) is 24.4 Å². The van der Waals surface area contributed by atoms with Gasteiger partial charge in [-0.25, -0.2) is 0 Å². The number of amides is 1. The molecular formula is C15H26N4O2S. The van der Waals surface area contributed by atoms with Gasteiger partial charge in [0.25, 0.3) is 5.91 Å². The predicted octanol–water partition coefficient (Wildman–Crippen LogP) is 1.58. The minimum atomic E-state index is -0.0832. The Balaban J connectivity index is 1.87. The maximum Gasteiger partial charge on any atom is 0.256 e. The fourth-order valence-electron chi connectivity index (χ4n) is 2.69. The Hall–Kier alpha value is -1.18. The SMILES string of the molecule is CNc1snc(C)c1C(=O)NC[C@@H]1CN(CC(C)C)CCO1. The minimum absolute atomic E-state index is 0.0568. The zero-order valence-electron chi connectivity index (χ0n) is 13.8. The van der Waals surface area contributed by atoms with Crippen molar-refractivity contribution in [3.63, 3.8) is 0 Å². The first-order valence-electron chi connectivity index (χ1n) is 7.77. The summed E-state index contributed by atoms with van der Waals surface area (Å²) in [5, 5.41) is 6.81. The minimum Gasteiger partial charge on any atom is -0.378 e. The number of rotatable bonds is 6. The number of nitrogens with one attached hydrogen (secondary N) is 2. The lowest BCUT2D eigenvalue weighted by Gasteiger charge is -2.33. The lowest BCUT2D eigenvalue weighted by atomic mass is 10.1. The molecule has 1 atom stereocenters. The highest BCUT2D eigenvalue weighted by Gasteiger charge is 2.23. The third-order valence-electron chi connectivity index (χ3n) is 3.65. The highest BCUT2D eigenvalue weighted by Crippen LogP contribution is 2.23. The van der Waals surface area contributed by atoms with E-state index >= 15 is 0 Å². The summed E-state index contributed by atoms with van der Waals surface area (Å²) in [7, 11) is 1.80. The third kappa shape index (κ3) is 4.41. The maximum atomic E-state index is 12.4. The summed E-state index contributed by atoms with van der Waals surface area (Å²) in [6.45, 7) is 10.5. The van der Waals surface area contributed by atoms with Gasteiger partial charge in [0.1, 0.15) is 5.00 Å². The zero-order chi connectivity index (χ0) is 16.1. The van der Waals surface area contributed by atoms with E-state index in [4.69, 9.17) is 4.74 Å². The van der Waals surface area contributed by atoms with E-state index in [-0.39, 0.29) is 12.0 Å². The van der Waals surface area contributed by atoms with Crippen LogP contribution >= 0.6 is 11.5 Å². The fraction of sp³-hybridized carbons (Fsp3) is 0.733. The molecule has 124 valence electrons. The highest BCUT2D eigenvalue weighted by atomic mass is 32.1. The number of morpholine rings is 1. The van der Waals surface area contributed by atoms with E-state index in [0.717, 1.165) is 36.9 Å². The molecule has 2 N–H and O–H groups in total. The second kappa shape index (κ2) is 7.89. The van der Waals surface area contributed by atoms with Crippen LogP contribution in [0.3, 0.4) is 0 Å². The number of hydrogen-bond acceptors (Lipinski definition) is 6. The maximum absolute atomic E-state index is 12.4. The summed E-state index contributed by atoms with van der Waals surface area (Å²) >= 11 is 1.31. The number of nitrogens with zero attached hydrogens (tertiary/aromatic N) is 2. The van der Waals surface area contributed by atoms with Crippen LogP contribution in [0.15, 0.2) is 0 Å². The van der Waals surface area contributed by atoms with Crippen molar-refractivity contribution < 1.29 is 9.53 Å². The lowest BCUT2D eigenvalue weighted by molar-refractivity contribution is -0.0295. The Labute approximate surface area is 136 Å². The summed E-state index contributed by atoms with van der Waals surface area (Å²) in [6, 6.07) is 0. The summed E-state index contributed by atoms with van der Waals surface area (Å²) in [5.41, 5.74) is 1.40. The van der Waals surface area contributed by atoms with Crippen molar-refractivity contribution in [1.29, 1.82) is 0 Å². The molecule has 2 heterocycles. The molecule has 1 amide bonds. The number of anilines is 1. The topological polar surface area (TPSA) is 66.5 Å². The molecule has 1 aromatic rings. The van der Waals surface area contributed by atoms with Crippen molar-refractivity contribution in [2.75, 3.05) is 45.2 Å². The van der Waals surface area contributed by atoms with Crippen molar-refractivity contribution in [1.82, 2.24) is 14.6 Å². The molecule has 6 nitrogen and oxygen atoms in total. The van der Waals surface area contributed by atoms with Gasteiger partial charge < -0.3 is 15.4 Å². The third-order valence-corrected chi connectivity index (χ3v) is 4.61. The fourth-order valence-corrected chi connectivity index (χ4v) is 3.43. The highest BCUT2D eigenvalue weighted by molar-refractivity contribution is 7.10. The summed E-state index contributed by atoms with van der Waals surface area (Å²) in [5.74, 6) is 0.561. The van der Waals surface area contributed by atoms with Gasteiger partial charge in [-0.15, -0.1) is 0 Å². The molecule has 0 aromatic carbocycles. The van der Waals surface area contributed by atoms with Crippen molar-refractivity contribution >= 4 is 22.4 Å². The van der Waals surface area contributed by atoms with Gasteiger partial charge in [0, 0.05) is 33.2 Å². The van der Waals surface area contributed by atoms with E-state index in [0.29, 0.717) is 18.0 Å². The molecule has 22 heavy (non-hydrogen) atoms. The molecule has 1 fully saturated rings. The van der Waals surface area contributed by atoms with Crippen LogP contribution in [-0.4, -0.2) is 61.1 Å². The van der Waals surface area contributed by atoms with E-state index in [1.807, 2.05) is 6.92 Å². The first kappa shape index (κ1) is 17.2. The molecule has 1 aromatic heterocycles. The van der Waals surface area contributed by atoms with Crippen LogP contribution in [0.1, 0.15) is 29.9 Å². The molecule has 0 bridgehead atoms. The monoisotopic (exact) mass is 326 g/mol. The molecule has 0 radical (unpaired) electrons. The van der Waals surface area contributed by atoms with E-state index in [9.17, 15) is 4.79 Å². The van der Waals surface area contributed by atoms with Gasteiger partial charge in [0.15, 0.2) is 0 Å². The van der Waals surface area contributed by atoms with Gasteiger partial charge in [-0.3, -0.25) is 9.69 Å². The molecule has 2 rings (SSSR count). The van der Waals surface area contributed by atoms with Gasteiger partial charge in [-0.1, -0.05) is 13.8 Å². The lowest BCUT2D eigenvalue weighted by Crippen LogP contribution is -2.48. The van der Waals surface area contributed by atoms with Crippen molar-refractivity contribution in [2.45, 2.75) is 26.9 Å². The number of carbonyl (C=O) groups excluding carboxylic acids is 1. The molecule has 1 aliphatic rings. The van der Waals surface area contributed by atoms with Crippen LogP contribution in [0.25, 0.3) is 0 Å². The number of aromatic nitrogens is 1. The molecule has 0 unspecified atom stereocenters. The van der Waals surface area contributed by atoms with Gasteiger partial charge in [0.2, 0.25) is 0 Å². The molecule has 7 heteroatoms. The van der Waals surface area contributed by atoms with Crippen LogP contribution in [0.5, 0.6) is 0 Å². The predicted molar refractivity (Wildman–Crippen MR) is 89.7 cm³/mol. The van der Waals surface area contributed by atoms with Crippen molar-refractivity contribution in [3.8, 4) is 0 Å². The van der Waals surface area contributed by atoms with Crippen LogP contribution in [0.4, 0.5) is 5.00 Å². The standard InChI is InChI=1S/C15H26N4O2S/c1-10(2)8-19-5-6-21-12(9-19)7-17-14(20)13-11(3)18-22-15(13)16-4/h10,12,16H,5-9H2,1-4H3,(H,17,20)/t12-/m1/s1. The smallest absolute Gasteiger partial charge is 0.256 e. The van der Waals surface area contributed by atoms with Gasteiger partial charge >= 0.3 is 0 Å². The van der Waals surface area contributed by atoms with Crippen LogP contribution in [0.2, 0.25) is 0 Å². The average molecular weight is 326 g/mol. The van der Waals surface area contributed by atoms with E-state index in [1.54, 1.807) is 7.05 Å². The largest absolute Gasteiger partial charge is 0.378 e. The van der Waals surface area contributed by atoms with E-state index < -0.39 is 0 Å². The number of aryl methyl sites for hydroxylation is 1. The van der Waals surface area contributed by atoms with Crippen molar-refractivity contribution in [2.24, 2.45) is 5.92 Å². The summed E-state index contributed by atoms with van der Waals surface area (Å²) in [4.78, 5) is 14.8. The number of ether oxygens (including phenoxy) is 1. The van der Waals surface area contributed by atoms with Crippen LogP contribution < -0.4 is 10.6 Å². The second-order valence-corrected chi connectivity index (χ2v) is 6.85. The Bertz CT molecular complexity index is 504. The normalized spacial score (nSPS) is 19.4. The Kier molecular flexibility index (Phi) is 6.16. The molecule has 0 spiro atoms. The summed E-state index contributed by atoms with van der Waals surface area (Å²) in [6.07, 6.45) is 0.0568. The van der Waals surface area contributed by atoms with Crippen molar-refractivity contribution in [3.05, 3.63) is 11.3 Å².